The first-order chi connectivity index (χ1) is 8.69. The number of hydrogen-bond acceptors (Lipinski definition) is 3. The molecular weight excluding hydrogens is 226 g/mol. The Balaban J connectivity index is 2.08. The zero-order valence-electron chi connectivity index (χ0n) is 10.9. The summed E-state index contributed by atoms with van der Waals surface area (Å²) in [5, 5.41) is 13.0. The molecule has 1 saturated carbocycles. The molecule has 1 aliphatic carbocycles. The van der Waals surface area contributed by atoms with Crippen LogP contribution in [0.3, 0.4) is 0 Å². The van der Waals surface area contributed by atoms with Gasteiger partial charge in [-0.1, -0.05) is 19.8 Å². The van der Waals surface area contributed by atoms with Crippen LogP contribution in [-0.4, -0.2) is 23.0 Å². The van der Waals surface area contributed by atoms with Crippen molar-refractivity contribution >= 4 is 11.5 Å². The topological polar surface area (TPSA) is 49.3 Å². The van der Waals surface area contributed by atoms with Crippen LogP contribution in [-0.2, 0) is 0 Å². The molecule has 1 aromatic carbocycles. The second-order valence-electron chi connectivity index (χ2n) is 5.12. The summed E-state index contributed by atoms with van der Waals surface area (Å²) < 4.78 is 0. The largest absolute Gasteiger partial charge is 0.394 e. The number of carbonyl (C=O) groups excluding carboxylic acids is 1. The molecular formula is C15H21NO2. The van der Waals surface area contributed by atoms with Crippen LogP contribution in [0.4, 0.5) is 5.69 Å². The highest BCUT2D eigenvalue weighted by Gasteiger charge is 2.32. The maximum absolute atomic E-state index is 11.5. The average molecular weight is 247 g/mol. The van der Waals surface area contributed by atoms with Crippen molar-refractivity contribution in [1.82, 2.24) is 0 Å². The lowest BCUT2D eigenvalue weighted by Crippen LogP contribution is -2.38. The Morgan fingerprint density at radius 3 is 2.39 bits per heavy atom. The fourth-order valence-electron chi connectivity index (χ4n) is 2.62. The minimum absolute atomic E-state index is 0.156. The SMILES string of the molecule is CCC(=O)c1ccc(NC2(CO)CCCC2)cc1. The van der Waals surface area contributed by atoms with Gasteiger partial charge in [0.1, 0.15) is 0 Å². The Hall–Kier alpha value is -1.35. The summed E-state index contributed by atoms with van der Waals surface area (Å²) in [4.78, 5) is 11.5. The molecule has 0 amide bonds. The van der Waals surface area contributed by atoms with Crippen molar-refractivity contribution < 1.29 is 9.90 Å². The molecule has 0 heterocycles. The molecule has 1 aromatic rings. The van der Waals surface area contributed by atoms with Crippen molar-refractivity contribution in [3.05, 3.63) is 29.8 Å². The maximum atomic E-state index is 11.5. The van der Waals surface area contributed by atoms with Gasteiger partial charge in [0.05, 0.1) is 12.1 Å². The summed E-state index contributed by atoms with van der Waals surface area (Å²) in [5.41, 5.74) is 1.59. The molecule has 0 spiro atoms. The van der Waals surface area contributed by atoms with E-state index in [1.165, 1.54) is 12.8 Å². The lowest BCUT2D eigenvalue weighted by Gasteiger charge is -2.29. The molecule has 98 valence electrons. The second kappa shape index (κ2) is 5.53. The van der Waals surface area contributed by atoms with E-state index < -0.39 is 0 Å². The third kappa shape index (κ3) is 2.72. The molecule has 3 nitrogen and oxygen atoms in total. The van der Waals surface area contributed by atoms with Gasteiger partial charge in [-0.3, -0.25) is 4.79 Å². The molecule has 0 bridgehead atoms. The fraction of sp³-hybridized carbons (Fsp3) is 0.533. The van der Waals surface area contributed by atoms with Crippen LogP contribution in [0, 0.1) is 0 Å². The summed E-state index contributed by atoms with van der Waals surface area (Å²) in [7, 11) is 0. The minimum atomic E-state index is -0.156. The third-order valence-electron chi connectivity index (χ3n) is 3.80. The number of rotatable bonds is 5. The monoisotopic (exact) mass is 247 g/mol. The molecule has 2 N–H and O–H groups in total. The van der Waals surface area contributed by atoms with Crippen LogP contribution in [0.25, 0.3) is 0 Å². The number of anilines is 1. The summed E-state index contributed by atoms with van der Waals surface area (Å²) in [6, 6.07) is 7.57. The Morgan fingerprint density at radius 1 is 1.28 bits per heavy atom. The highest BCUT2D eigenvalue weighted by atomic mass is 16.3. The molecule has 18 heavy (non-hydrogen) atoms. The smallest absolute Gasteiger partial charge is 0.162 e. The van der Waals surface area contributed by atoms with Crippen molar-refractivity contribution in [3.8, 4) is 0 Å². The summed E-state index contributed by atoms with van der Waals surface area (Å²) >= 11 is 0. The van der Waals surface area contributed by atoms with E-state index in [4.69, 9.17) is 0 Å². The van der Waals surface area contributed by atoms with Crippen molar-refractivity contribution in [2.45, 2.75) is 44.6 Å². The second-order valence-corrected chi connectivity index (χ2v) is 5.12. The highest BCUT2D eigenvalue weighted by molar-refractivity contribution is 5.96. The molecule has 1 aliphatic rings. The zero-order valence-corrected chi connectivity index (χ0v) is 10.9. The Labute approximate surface area is 108 Å². The molecule has 1 fully saturated rings. The molecule has 2 rings (SSSR count). The van der Waals surface area contributed by atoms with Crippen molar-refractivity contribution in [1.29, 1.82) is 0 Å². The normalized spacial score (nSPS) is 17.7. The minimum Gasteiger partial charge on any atom is -0.394 e. The average Bonchev–Trinajstić information content (AvgIpc) is 2.88. The quantitative estimate of drug-likeness (QED) is 0.786. The first-order valence-corrected chi connectivity index (χ1v) is 6.71. The Bertz CT molecular complexity index is 405. The van der Waals surface area contributed by atoms with E-state index in [1.807, 2.05) is 31.2 Å². The van der Waals surface area contributed by atoms with E-state index >= 15 is 0 Å². The van der Waals surface area contributed by atoms with E-state index in [0.29, 0.717) is 6.42 Å². The summed E-state index contributed by atoms with van der Waals surface area (Å²) in [6.07, 6.45) is 4.89. The van der Waals surface area contributed by atoms with Gasteiger partial charge in [0.2, 0.25) is 0 Å². The van der Waals surface area contributed by atoms with Gasteiger partial charge >= 0.3 is 0 Å². The van der Waals surface area contributed by atoms with Crippen LogP contribution in [0.15, 0.2) is 24.3 Å². The lowest BCUT2D eigenvalue weighted by molar-refractivity contribution is 0.0988. The number of aliphatic hydroxyl groups is 1. The van der Waals surface area contributed by atoms with E-state index in [1.54, 1.807) is 0 Å². The molecule has 0 saturated heterocycles. The van der Waals surface area contributed by atoms with Gasteiger partial charge in [-0.05, 0) is 37.1 Å². The lowest BCUT2D eigenvalue weighted by atomic mass is 9.98. The number of carbonyl (C=O) groups is 1. The summed E-state index contributed by atoms with van der Waals surface area (Å²) in [5.74, 6) is 0.166. The number of hydrogen-bond donors (Lipinski definition) is 2. The molecule has 0 atom stereocenters. The van der Waals surface area contributed by atoms with E-state index in [9.17, 15) is 9.90 Å². The van der Waals surface area contributed by atoms with Gasteiger partial charge in [-0.2, -0.15) is 0 Å². The number of aliphatic hydroxyl groups excluding tert-OH is 1. The van der Waals surface area contributed by atoms with Crippen LogP contribution in [0.5, 0.6) is 0 Å². The number of benzene rings is 1. The van der Waals surface area contributed by atoms with Crippen LogP contribution in [0.2, 0.25) is 0 Å². The van der Waals surface area contributed by atoms with Gasteiger partial charge in [-0.15, -0.1) is 0 Å². The first-order valence-electron chi connectivity index (χ1n) is 6.71. The van der Waals surface area contributed by atoms with Gasteiger partial charge in [0, 0.05) is 17.7 Å². The standard InChI is InChI=1S/C15H21NO2/c1-2-14(18)12-5-7-13(8-6-12)16-15(11-17)9-3-4-10-15/h5-8,16-17H,2-4,9-11H2,1H3. The third-order valence-corrected chi connectivity index (χ3v) is 3.80. The molecule has 0 aromatic heterocycles. The highest BCUT2D eigenvalue weighted by Crippen LogP contribution is 2.32. The zero-order chi connectivity index (χ0) is 13.0. The van der Waals surface area contributed by atoms with E-state index in [2.05, 4.69) is 5.32 Å². The van der Waals surface area contributed by atoms with Gasteiger partial charge in [0.15, 0.2) is 5.78 Å². The van der Waals surface area contributed by atoms with Gasteiger partial charge in [0.25, 0.3) is 0 Å². The Morgan fingerprint density at radius 2 is 1.89 bits per heavy atom. The van der Waals surface area contributed by atoms with E-state index in [-0.39, 0.29) is 17.9 Å². The predicted octanol–water partition coefficient (Wildman–Crippen LogP) is 3.00. The fourth-order valence-corrected chi connectivity index (χ4v) is 2.62. The molecule has 0 aliphatic heterocycles. The van der Waals surface area contributed by atoms with Crippen molar-refractivity contribution in [2.24, 2.45) is 0 Å². The predicted molar refractivity (Wildman–Crippen MR) is 73.0 cm³/mol. The van der Waals surface area contributed by atoms with E-state index in [0.717, 1.165) is 24.1 Å². The Kier molecular flexibility index (Phi) is 4.02. The van der Waals surface area contributed by atoms with Crippen LogP contribution >= 0.6 is 0 Å². The van der Waals surface area contributed by atoms with Gasteiger partial charge < -0.3 is 10.4 Å². The van der Waals surface area contributed by atoms with Crippen molar-refractivity contribution in [2.75, 3.05) is 11.9 Å². The number of ketones is 1. The number of nitrogens with one attached hydrogen (secondary N) is 1. The van der Waals surface area contributed by atoms with Crippen LogP contribution in [0.1, 0.15) is 49.4 Å². The van der Waals surface area contributed by atoms with Crippen LogP contribution < -0.4 is 5.32 Å². The summed E-state index contributed by atoms with van der Waals surface area (Å²) in [6.45, 7) is 2.04. The number of Topliss-reactive ketones (excluding diaryl/α,β-unsaturated/α-hetero) is 1. The first kappa shape index (κ1) is 13.1. The molecule has 0 unspecified atom stereocenters. The maximum Gasteiger partial charge on any atom is 0.162 e. The molecule has 0 radical (unpaired) electrons. The molecule has 3 heteroatoms. The van der Waals surface area contributed by atoms with Gasteiger partial charge in [-0.25, -0.2) is 0 Å². The van der Waals surface area contributed by atoms with Crippen molar-refractivity contribution in [3.63, 3.8) is 0 Å².